The maximum absolute atomic E-state index is 12.4. The van der Waals surface area contributed by atoms with Crippen molar-refractivity contribution in [3.63, 3.8) is 0 Å². The van der Waals surface area contributed by atoms with Crippen molar-refractivity contribution in [1.82, 2.24) is 9.88 Å². The molecular weight excluding hydrogens is 304 g/mol. The maximum Gasteiger partial charge on any atom is 0.230 e. The van der Waals surface area contributed by atoms with Crippen molar-refractivity contribution in [2.24, 2.45) is 18.9 Å². The molecule has 1 heterocycles. The highest BCUT2D eigenvalue weighted by atomic mass is 32.2. The van der Waals surface area contributed by atoms with Crippen LogP contribution in [0.4, 0.5) is 0 Å². The molecule has 0 radical (unpaired) electrons. The standard InChI is InChI=1S/C19H24N2OS/c1-21-11-18(15-6-2-3-8-17(15)21)23-12-19(22)20-16-10-9-13-5-4-7-14(13)16/h2-3,6,8,11,13-14,16H,4-5,7,9-10,12H2,1H3,(H,20,22)/t13-,14-,16-/m1/s1. The number of aromatic nitrogens is 1. The van der Waals surface area contributed by atoms with E-state index in [9.17, 15) is 4.79 Å². The first-order valence-corrected chi connectivity index (χ1v) is 9.67. The predicted molar refractivity (Wildman–Crippen MR) is 95.6 cm³/mol. The van der Waals surface area contributed by atoms with Crippen LogP contribution in [0.3, 0.4) is 0 Å². The summed E-state index contributed by atoms with van der Waals surface area (Å²) in [5.41, 5.74) is 1.22. The third-order valence-corrected chi connectivity index (χ3v) is 6.69. The van der Waals surface area contributed by atoms with Gasteiger partial charge in [0.15, 0.2) is 0 Å². The molecule has 4 rings (SSSR count). The largest absolute Gasteiger partial charge is 0.352 e. The van der Waals surface area contributed by atoms with Crippen molar-refractivity contribution < 1.29 is 4.79 Å². The predicted octanol–water partition coefficient (Wildman–Crippen LogP) is 3.97. The molecule has 4 heteroatoms. The molecule has 3 nitrogen and oxygen atoms in total. The normalized spacial score (nSPS) is 26.6. The molecule has 122 valence electrons. The molecule has 0 saturated heterocycles. The SMILES string of the molecule is Cn1cc(SCC(=O)N[C@@H]2CC[C@H]3CCC[C@H]32)c2ccccc21. The minimum absolute atomic E-state index is 0.195. The Labute approximate surface area is 141 Å². The lowest BCUT2D eigenvalue weighted by molar-refractivity contribution is -0.119. The topological polar surface area (TPSA) is 34.0 Å². The minimum Gasteiger partial charge on any atom is -0.352 e. The molecular formula is C19H24N2OS. The van der Waals surface area contributed by atoms with Crippen molar-refractivity contribution in [3.8, 4) is 0 Å². The summed E-state index contributed by atoms with van der Waals surface area (Å²) < 4.78 is 2.13. The highest BCUT2D eigenvalue weighted by molar-refractivity contribution is 8.00. The summed E-state index contributed by atoms with van der Waals surface area (Å²) >= 11 is 1.65. The van der Waals surface area contributed by atoms with Crippen LogP contribution in [0.1, 0.15) is 32.1 Å². The van der Waals surface area contributed by atoms with E-state index in [0.29, 0.717) is 11.8 Å². The van der Waals surface area contributed by atoms with Crippen LogP contribution in [0.25, 0.3) is 10.9 Å². The van der Waals surface area contributed by atoms with Crippen LogP contribution in [0.15, 0.2) is 35.4 Å². The van der Waals surface area contributed by atoms with Crippen molar-refractivity contribution in [1.29, 1.82) is 0 Å². The number of nitrogens with one attached hydrogen (secondary N) is 1. The van der Waals surface area contributed by atoms with Gasteiger partial charge in [0.25, 0.3) is 0 Å². The lowest BCUT2D eigenvalue weighted by Gasteiger charge is -2.19. The summed E-state index contributed by atoms with van der Waals surface area (Å²) in [7, 11) is 2.06. The molecule has 2 aromatic rings. The molecule has 1 N–H and O–H groups in total. The summed E-state index contributed by atoms with van der Waals surface area (Å²) in [6.45, 7) is 0. The number of fused-ring (bicyclic) bond motifs is 2. The Kier molecular flexibility index (Phi) is 4.10. The second kappa shape index (κ2) is 6.23. The number of hydrogen-bond acceptors (Lipinski definition) is 2. The number of aryl methyl sites for hydroxylation is 1. The molecule has 2 fully saturated rings. The van der Waals surface area contributed by atoms with Gasteiger partial charge in [-0.25, -0.2) is 0 Å². The number of carbonyl (C=O) groups excluding carboxylic acids is 1. The summed E-state index contributed by atoms with van der Waals surface area (Å²) in [5.74, 6) is 2.34. The van der Waals surface area contributed by atoms with E-state index in [-0.39, 0.29) is 5.91 Å². The Bertz CT molecular complexity index is 723. The maximum atomic E-state index is 12.4. The van der Waals surface area contributed by atoms with Crippen molar-refractivity contribution in [2.45, 2.75) is 43.0 Å². The van der Waals surface area contributed by atoms with Crippen LogP contribution in [0.5, 0.6) is 0 Å². The average molecular weight is 328 g/mol. The van der Waals surface area contributed by atoms with E-state index in [1.54, 1.807) is 11.8 Å². The second-order valence-corrected chi connectivity index (χ2v) is 8.03. The van der Waals surface area contributed by atoms with Gasteiger partial charge in [-0.05, 0) is 37.2 Å². The van der Waals surface area contributed by atoms with E-state index in [2.05, 4.69) is 47.4 Å². The molecule has 2 aliphatic rings. The molecule has 1 amide bonds. The van der Waals surface area contributed by atoms with E-state index in [4.69, 9.17) is 0 Å². The van der Waals surface area contributed by atoms with Gasteiger partial charge in [0.05, 0.1) is 5.75 Å². The van der Waals surface area contributed by atoms with Gasteiger partial charge < -0.3 is 9.88 Å². The van der Waals surface area contributed by atoms with Crippen molar-refractivity contribution in [3.05, 3.63) is 30.5 Å². The monoisotopic (exact) mass is 328 g/mol. The van der Waals surface area contributed by atoms with E-state index >= 15 is 0 Å². The van der Waals surface area contributed by atoms with Gasteiger partial charge in [0, 0.05) is 35.1 Å². The van der Waals surface area contributed by atoms with E-state index in [0.717, 1.165) is 11.8 Å². The minimum atomic E-state index is 0.195. The molecule has 1 aromatic heterocycles. The van der Waals surface area contributed by atoms with Gasteiger partial charge >= 0.3 is 0 Å². The molecule has 0 bridgehead atoms. The second-order valence-electron chi connectivity index (χ2n) is 7.02. The van der Waals surface area contributed by atoms with Gasteiger partial charge in [0.2, 0.25) is 5.91 Å². The number of benzene rings is 1. The molecule has 0 spiro atoms. The van der Waals surface area contributed by atoms with Gasteiger partial charge in [0.1, 0.15) is 0 Å². The Balaban J connectivity index is 1.38. The van der Waals surface area contributed by atoms with Crippen LogP contribution >= 0.6 is 11.8 Å². The van der Waals surface area contributed by atoms with Gasteiger partial charge in [-0.15, -0.1) is 11.8 Å². The summed E-state index contributed by atoms with van der Waals surface area (Å²) in [5, 5.41) is 4.55. The van der Waals surface area contributed by atoms with Crippen LogP contribution in [0.2, 0.25) is 0 Å². The Morgan fingerprint density at radius 1 is 1.26 bits per heavy atom. The van der Waals surface area contributed by atoms with Crippen molar-refractivity contribution in [2.75, 3.05) is 5.75 Å². The molecule has 2 saturated carbocycles. The number of thioether (sulfide) groups is 1. The van der Waals surface area contributed by atoms with E-state index in [1.165, 1.54) is 47.9 Å². The lowest BCUT2D eigenvalue weighted by Crippen LogP contribution is -2.38. The zero-order chi connectivity index (χ0) is 15.8. The Morgan fingerprint density at radius 3 is 3.04 bits per heavy atom. The molecule has 0 unspecified atom stereocenters. The average Bonchev–Trinajstić information content (AvgIpc) is 3.23. The van der Waals surface area contributed by atoms with Crippen LogP contribution < -0.4 is 5.32 Å². The van der Waals surface area contributed by atoms with Gasteiger partial charge in [-0.1, -0.05) is 31.0 Å². The Morgan fingerprint density at radius 2 is 2.13 bits per heavy atom. The fraction of sp³-hybridized carbons (Fsp3) is 0.526. The van der Waals surface area contributed by atoms with Crippen LogP contribution in [-0.2, 0) is 11.8 Å². The third kappa shape index (κ3) is 2.89. The number of hydrogen-bond donors (Lipinski definition) is 1. The number of carbonyl (C=O) groups is 1. The first-order chi connectivity index (χ1) is 11.2. The highest BCUT2D eigenvalue weighted by Crippen LogP contribution is 2.44. The number of nitrogens with zero attached hydrogens (tertiary/aromatic N) is 1. The van der Waals surface area contributed by atoms with Crippen LogP contribution in [-0.4, -0.2) is 22.3 Å². The molecule has 0 aliphatic heterocycles. The smallest absolute Gasteiger partial charge is 0.230 e. The fourth-order valence-corrected chi connectivity index (χ4v) is 5.48. The highest BCUT2D eigenvalue weighted by Gasteiger charge is 2.39. The molecule has 1 aromatic carbocycles. The van der Waals surface area contributed by atoms with Gasteiger partial charge in [-0.3, -0.25) is 4.79 Å². The van der Waals surface area contributed by atoms with E-state index < -0.39 is 0 Å². The zero-order valence-electron chi connectivity index (χ0n) is 13.6. The molecule has 2 aliphatic carbocycles. The van der Waals surface area contributed by atoms with E-state index in [1.807, 2.05) is 0 Å². The molecule has 3 atom stereocenters. The van der Waals surface area contributed by atoms with Crippen molar-refractivity contribution >= 4 is 28.6 Å². The first-order valence-electron chi connectivity index (χ1n) is 8.68. The summed E-state index contributed by atoms with van der Waals surface area (Å²) in [4.78, 5) is 13.6. The quantitative estimate of drug-likeness (QED) is 0.862. The first kappa shape index (κ1) is 15.1. The van der Waals surface area contributed by atoms with Gasteiger partial charge in [-0.2, -0.15) is 0 Å². The number of rotatable bonds is 4. The lowest BCUT2D eigenvalue weighted by atomic mass is 9.98. The summed E-state index contributed by atoms with van der Waals surface area (Å²) in [6, 6.07) is 8.81. The Hall–Kier alpha value is -1.42. The van der Waals surface area contributed by atoms with Crippen LogP contribution in [0, 0.1) is 11.8 Å². The third-order valence-electron chi connectivity index (χ3n) is 5.65. The molecule has 23 heavy (non-hydrogen) atoms. The number of para-hydroxylation sites is 1. The zero-order valence-corrected chi connectivity index (χ0v) is 14.4. The number of amides is 1. The fourth-order valence-electron chi connectivity index (χ4n) is 4.55. The summed E-state index contributed by atoms with van der Waals surface area (Å²) in [6.07, 6.45) is 8.66.